The summed E-state index contributed by atoms with van der Waals surface area (Å²) in [4.78, 5) is 75.8. The molecule has 0 spiro atoms. The molecule has 67 heavy (non-hydrogen) atoms. The van der Waals surface area contributed by atoms with Crippen molar-refractivity contribution in [3.8, 4) is 6.07 Å². The number of halogens is 3. The number of nitriles is 1. The molecule has 6 heterocycles. The van der Waals surface area contributed by atoms with Gasteiger partial charge in [-0.05, 0) is 105 Å². The van der Waals surface area contributed by atoms with Gasteiger partial charge in [0.05, 0.1) is 28.3 Å². The molecule has 5 amide bonds. The maximum absolute atomic E-state index is 13.5. The fourth-order valence-corrected chi connectivity index (χ4v) is 10.4. The zero-order chi connectivity index (χ0) is 47.2. The molecule has 8 rings (SSSR count). The van der Waals surface area contributed by atoms with E-state index in [0.717, 1.165) is 114 Å². The minimum Gasteiger partial charge on any atom is -0.371 e. The molecule has 5 aliphatic rings. The third-order valence-corrected chi connectivity index (χ3v) is 14.3. The molecular weight excluding hydrogens is 868 g/mol. The Hall–Kier alpha value is -6.13. The molecule has 2 aromatic carbocycles. The van der Waals surface area contributed by atoms with Gasteiger partial charge >= 0.3 is 6.18 Å². The molecule has 3 aromatic rings. The van der Waals surface area contributed by atoms with E-state index in [1.807, 2.05) is 24.0 Å². The predicted molar refractivity (Wildman–Crippen MR) is 244 cm³/mol. The van der Waals surface area contributed by atoms with Gasteiger partial charge in [-0.2, -0.15) is 18.4 Å². The summed E-state index contributed by atoms with van der Waals surface area (Å²) in [5.41, 5.74) is 0.492. The number of piperidine rings is 3. The maximum atomic E-state index is 13.5. The number of anilines is 4. The quantitative estimate of drug-likeness (QED) is 0.163. The van der Waals surface area contributed by atoms with Crippen molar-refractivity contribution in [2.75, 3.05) is 98.6 Å². The molecular formula is C48H58F3N11O5. The molecule has 2 N–H and O–H groups in total. The summed E-state index contributed by atoms with van der Waals surface area (Å²) in [6.45, 7) is 12.5. The monoisotopic (exact) mass is 925 g/mol. The van der Waals surface area contributed by atoms with Crippen LogP contribution >= 0.6 is 0 Å². The van der Waals surface area contributed by atoms with Gasteiger partial charge < -0.3 is 29.8 Å². The Morgan fingerprint density at radius 3 is 1.88 bits per heavy atom. The second kappa shape index (κ2) is 20.8. The fraction of sp³-hybridized carbons (Fsp3) is 0.542. The van der Waals surface area contributed by atoms with Crippen molar-refractivity contribution in [1.82, 2.24) is 30.2 Å². The second-order valence-corrected chi connectivity index (χ2v) is 18.5. The van der Waals surface area contributed by atoms with Gasteiger partial charge in [0.25, 0.3) is 11.8 Å². The lowest BCUT2D eigenvalue weighted by Crippen LogP contribution is -2.50. The summed E-state index contributed by atoms with van der Waals surface area (Å²) < 4.78 is 40.5. The number of piperazine rings is 1. The van der Waals surface area contributed by atoms with Crippen molar-refractivity contribution in [3.05, 3.63) is 70.8 Å². The molecule has 16 nitrogen and oxygen atoms in total. The number of rotatable bonds is 14. The van der Waals surface area contributed by atoms with Gasteiger partial charge in [-0.25, -0.2) is 0 Å². The molecule has 4 fully saturated rings. The van der Waals surface area contributed by atoms with Gasteiger partial charge in [-0.1, -0.05) is 13.3 Å². The van der Waals surface area contributed by atoms with Crippen molar-refractivity contribution >= 4 is 53.0 Å². The first-order chi connectivity index (χ1) is 32.3. The van der Waals surface area contributed by atoms with E-state index in [1.54, 1.807) is 24.3 Å². The molecule has 19 heteroatoms. The number of carbonyl (C=O) groups excluding carboxylic acids is 5. The Balaban J connectivity index is 0.718. The molecule has 0 aliphatic carbocycles. The zero-order valence-electron chi connectivity index (χ0n) is 37.8. The highest BCUT2D eigenvalue weighted by Gasteiger charge is 2.43. The van der Waals surface area contributed by atoms with Crippen molar-refractivity contribution in [1.29, 1.82) is 5.26 Å². The van der Waals surface area contributed by atoms with E-state index in [1.165, 1.54) is 12.1 Å². The summed E-state index contributed by atoms with van der Waals surface area (Å²) >= 11 is 0. The highest BCUT2D eigenvalue weighted by atomic mass is 19.4. The standard InChI is InChI=1S/C48H58F3N11O5/c1-2-3-41(45(65)53-31-63)62-46(66)38-7-6-36(26-39(38)47(62)67)59-16-10-32(11-17-59)29-57-22-24-58(25-23-57)30-33-12-18-61(19-13-33)43-9-8-42(55-56-43)54-44(64)34-14-20-60(21-15-34)37-5-4-35(28-52)40(27-37)48(49,50)51/h4-9,26-27,31-34,41H,2-3,10-25,29-30H2,1H3,(H,53,63,65)(H,54,55,64). The third-order valence-electron chi connectivity index (χ3n) is 14.3. The topological polar surface area (TPSA) is 178 Å². The first-order valence-corrected chi connectivity index (χ1v) is 23.5. The Kier molecular flexibility index (Phi) is 14.7. The van der Waals surface area contributed by atoms with E-state index in [-0.39, 0.29) is 30.2 Å². The van der Waals surface area contributed by atoms with Crippen molar-refractivity contribution in [2.45, 2.75) is 70.5 Å². The molecule has 1 unspecified atom stereocenters. The number of nitrogens with zero attached hydrogens (tertiary/aromatic N) is 9. The first-order valence-electron chi connectivity index (χ1n) is 23.5. The Bertz CT molecular complexity index is 2330. The number of hydrogen-bond acceptors (Lipinski definition) is 13. The number of aromatic nitrogens is 2. The normalized spacial score (nSPS) is 19.9. The van der Waals surface area contributed by atoms with Gasteiger partial charge in [0.1, 0.15) is 6.04 Å². The van der Waals surface area contributed by atoms with E-state index in [2.05, 4.69) is 40.4 Å². The average Bonchev–Trinajstić information content (AvgIpc) is 3.59. The zero-order valence-corrected chi connectivity index (χ0v) is 37.8. The van der Waals surface area contributed by atoms with Crippen LogP contribution in [-0.4, -0.2) is 140 Å². The van der Waals surface area contributed by atoms with Crippen LogP contribution < -0.4 is 25.3 Å². The van der Waals surface area contributed by atoms with Crippen LogP contribution in [0.25, 0.3) is 0 Å². The number of amides is 5. The first kappa shape index (κ1) is 47.4. The minimum absolute atomic E-state index is 0.188. The van der Waals surface area contributed by atoms with E-state index >= 15 is 0 Å². The number of carbonyl (C=O) groups is 5. The number of alkyl halides is 3. The van der Waals surface area contributed by atoms with Crippen LogP contribution in [0.4, 0.5) is 36.2 Å². The molecule has 0 bridgehead atoms. The highest BCUT2D eigenvalue weighted by molar-refractivity contribution is 6.23. The van der Waals surface area contributed by atoms with Crippen molar-refractivity contribution < 1.29 is 37.1 Å². The maximum Gasteiger partial charge on any atom is 0.417 e. The Morgan fingerprint density at radius 2 is 1.33 bits per heavy atom. The summed E-state index contributed by atoms with van der Waals surface area (Å²) in [7, 11) is 0. The number of hydrogen-bond donors (Lipinski definition) is 2. The second-order valence-electron chi connectivity index (χ2n) is 18.5. The number of imide groups is 2. The highest BCUT2D eigenvalue weighted by Crippen LogP contribution is 2.36. The van der Waals surface area contributed by atoms with Crippen LogP contribution in [0.1, 0.15) is 90.1 Å². The SMILES string of the molecule is CCCC(C(=O)NC=O)N1C(=O)c2ccc(N3CCC(CN4CCN(CC5CCN(c6ccc(NC(=O)C7CCN(c8ccc(C#N)c(C(F)(F)F)c8)CC7)nn6)CC5)CC4)CC3)cc2C1=O. The Morgan fingerprint density at radius 1 is 0.761 bits per heavy atom. The van der Waals surface area contributed by atoms with Crippen LogP contribution in [-0.2, 0) is 20.6 Å². The van der Waals surface area contributed by atoms with Crippen LogP contribution in [0.3, 0.4) is 0 Å². The molecule has 1 atom stereocenters. The molecule has 0 radical (unpaired) electrons. The molecule has 1 aromatic heterocycles. The van der Waals surface area contributed by atoms with Crippen molar-refractivity contribution in [2.24, 2.45) is 17.8 Å². The van der Waals surface area contributed by atoms with Crippen LogP contribution in [0.2, 0.25) is 0 Å². The largest absolute Gasteiger partial charge is 0.417 e. The lowest BCUT2D eigenvalue weighted by molar-refractivity contribution is -0.137. The Labute approximate surface area is 388 Å². The van der Waals surface area contributed by atoms with Gasteiger partial charge in [0.2, 0.25) is 18.2 Å². The van der Waals surface area contributed by atoms with E-state index in [0.29, 0.717) is 61.3 Å². The van der Waals surface area contributed by atoms with E-state index in [9.17, 15) is 37.1 Å². The molecule has 0 saturated carbocycles. The summed E-state index contributed by atoms with van der Waals surface area (Å²) in [5, 5.41) is 22.8. The fourth-order valence-electron chi connectivity index (χ4n) is 10.4. The number of nitrogens with one attached hydrogen (secondary N) is 2. The average molecular weight is 926 g/mol. The summed E-state index contributed by atoms with van der Waals surface area (Å²) in [5.74, 6) is 0.149. The summed E-state index contributed by atoms with van der Waals surface area (Å²) in [6.07, 6.45) is 1.60. The molecule has 5 aliphatic heterocycles. The number of fused-ring (bicyclic) bond motifs is 1. The van der Waals surface area contributed by atoms with Crippen LogP contribution in [0, 0.1) is 29.1 Å². The number of benzene rings is 2. The van der Waals surface area contributed by atoms with Crippen LogP contribution in [0.15, 0.2) is 48.5 Å². The lowest BCUT2D eigenvalue weighted by Gasteiger charge is -2.41. The van der Waals surface area contributed by atoms with Gasteiger partial charge in [-0.3, -0.25) is 34.2 Å². The van der Waals surface area contributed by atoms with Gasteiger partial charge in [-0.15, -0.1) is 10.2 Å². The predicted octanol–water partition coefficient (Wildman–Crippen LogP) is 5.01. The minimum atomic E-state index is -4.63. The van der Waals surface area contributed by atoms with E-state index in [4.69, 9.17) is 5.26 Å². The molecule has 356 valence electrons. The van der Waals surface area contributed by atoms with Gasteiger partial charge in [0, 0.05) is 95.8 Å². The van der Waals surface area contributed by atoms with E-state index < -0.39 is 41.1 Å². The van der Waals surface area contributed by atoms with Crippen molar-refractivity contribution in [3.63, 3.8) is 0 Å². The lowest BCUT2D eigenvalue weighted by atomic mass is 9.94. The summed E-state index contributed by atoms with van der Waals surface area (Å²) in [6, 6.07) is 13.3. The van der Waals surface area contributed by atoms with Crippen LogP contribution in [0.5, 0.6) is 0 Å². The van der Waals surface area contributed by atoms with Gasteiger partial charge in [0.15, 0.2) is 11.6 Å². The third kappa shape index (κ3) is 10.9. The smallest absolute Gasteiger partial charge is 0.371 e. The molecule has 4 saturated heterocycles.